The van der Waals surface area contributed by atoms with E-state index < -0.39 is 0 Å². The molecule has 20 heavy (non-hydrogen) atoms. The van der Waals surface area contributed by atoms with E-state index in [4.69, 9.17) is 4.74 Å². The Morgan fingerprint density at radius 3 is 2.65 bits per heavy atom. The Labute approximate surface area is 119 Å². The summed E-state index contributed by atoms with van der Waals surface area (Å²) in [6.07, 6.45) is 0. The van der Waals surface area contributed by atoms with Gasteiger partial charge in [-0.05, 0) is 32.5 Å². The molecule has 1 atom stereocenters. The highest BCUT2D eigenvalue weighted by atomic mass is 19.1. The maximum absolute atomic E-state index is 14.0. The number of benzene rings is 2. The van der Waals surface area contributed by atoms with Crippen LogP contribution in [0.15, 0.2) is 42.5 Å². The van der Waals surface area contributed by atoms with E-state index in [1.807, 2.05) is 45.2 Å². The zero-order chi connectivity index (χ0) is 14.5. The van der Waals surface area contributed by atoms with E-state index in [0.29, 0.717) is 17.9 Å². The van der Waals surface area contributed by atoms with Gasteiger partial charge in [-0.3, -0.25) is 0 Å². The van der Waals surface area contributed by atoms with Gasteiger partial charge in [0.1, 0.15) is 18.2 Å². The molecule has 0 bridgehead atoms. The molecule has 2 nitrogen and oxygen atoms in total. The van der Waals surface area contributed by atoms with Gasteiger partial charge in [0.25, 0.3) is 0 Å². The van der Waals surface area contributed by atoms with Crippen molar-refractivity contribution in [2.45, 2.75) is 26.5 Å². The molecule has 0 spiro atoms. The van der Waals surface area contributed by atoms with Gasteiger partial charge in [0.05, 0.1) is 0 Å². The molecule has 0 aromatic heterocycles. The van der Waals surface area contributed by atoms with E-state index in [0.717, 1.165) is 5.56 Å². The number of ether oxygens (including phenoxy) is 1. The molecule has 106 valence electrons. The minimum Gasteiger partial charge on any atom is -0.489 e. The Morgan fingerprint density at radius 1 is 1.20 bits per heavy atom. The standard InChI is InChI=1S/C17H20FNO/c1-12-5-4-6-14(9-12)11-20-15-7-8-16(13(2)19-3)17(18)10-15/h4-10,13,19H,11H2,1-3H3. The summed E-state index contributed by atoms with van der Waals surface area (Å²) in [6, 6.07) is 13.1. The van der Waals surface area contributed by atoms with E-state index >= 15 is 0 Å². The summed E-state index contributed by atoms with van der Waals surface area (Å²) in [5, 5.41) is 3.02. The maximum Gasteiger partial charge on any atom is 0.131 e. The summed E-state index contributed by atoms with van der Waals surface area (Å²) in [5.41, 5.74) is 2.92. The second kappa shape index (κ2) is 6.53. The molecule has 0 saturated carbocycles. The largest absolute Gasteiger partial charge is 0.489 e. The minimum absolute atomic E-state index is 0.0131. The van der Waals surface area contributed by atoms with Crippen molar-refractivity contribution in [2.75, 3.05) is 7.05 Å². The molecular weight excluding hydrogens is 253 g/mol. The number of aryl methyl sites for hydroxylation is 1. The van der Waals surface area contributed by atoms with Gasteiger partial charge in [-0.25, -0.2) is 4.39 Å². The van der Waals surface area contributed by atoms with E-state index in [1.165, 1.54) is 11.6 Å². The lowest BCUT2D eigenvalue weighted by molar-refractivity contribution is 0.304. The number of nitrogens with one attached hydrogen (secondary N) is 1. The van der Waals surface area contributed by atoms with Crippen molar-refractivity contribution in [1.82, 2.24) is 5.32 Å². The molecule has 2 aromatic rings. The van der Waals surface area contributed by atoms with Crippen molar-refractivity contribution < 1.29 is 9.13 Å². The van der Waals surface area contributed by atoms with Gasteiger partial charge in [0.2, 0.25) is 0 Å². The van der Waals surface area contributed by atoms with E-state index in [-0.39, 0.29) is 11.9 Å². The van der Waals surface area contributed by atoms with Gasteiger partial charge in [-0.2, -0.15) is 0 Å². The van der Waals surface area contributed by atoms with Crippen LogP contribution in [0.1, 0.15) is 29.7 Å². The number of halogens is 1. The third-order valence-electron chi connectivity index (χ3n) is 3.36. The Kier molecular flexibility index (Phi) is 4.74. The fraction of sp³-hybridized carbons (Fsp3) is 0.294. The van der Waals surface area contributed by atoms with Crippen LogP contribution in [0.4, 0.5) is 4.39 Å². The van der Waals surface area contributed by atoms with Crippen LogP contribution in [-0.4, -0.2) is 7.05 Å². The molecule has 0 aliphatic heterocycles. The van der Waals surface area contributed by atoms with Crippen LogP contribution in [0.25, 0.3) is 0 Å². The van der Waals surface area contributed by atoms with E-state index in [2.05, 4.69) is 11.4 Å². The van der Waals surface area contributed by atoms with Gasteiger partial charge < -0.3 is 10.1 Å². The molecule has 0 fully saturated rings. The lowest BCUT2D eigenvalue weighted by Crippen LogP contribution is -2.13. The predicted octanol–water partition coefficient (Wildman–Crippen LogP) is 3.99. The molecule has 0 aliphatic carbocycles. The molecule has 0 heterocycles. The third-order valence-corrected chi connectivity index (χ3v) is 3.36. The quantitative estimate of drug-likeness (QED) is 0.889. The van der Waals surface area contributed by atoms with Crippen molar-refractivity contribution >= 4 is 0 Å². The minimum atomic E-state index is -0.242. The van der Waals surface area contributed by atoms with E-state index in [1.54, 1.807) is 6.07 Å². The molecule has 2 aromatic carbocycles. The van der Waals surface area contributed by atoms with Crippen LogP contribution in [0, 0.1) is 12.7 Å². The van der Waals surface area contributed by atoms with Gasteiger partial charge >= 0.3 is 0 Å². The van der Waals surface area contributed by atoms with Crippen LogP contribution in [0.3, 0.4) is 0 Å². The molecule has 0 amide bonds. The maximum atomic E-state index is 14.0. The van der Waals surface area contributed by atoms with Gasteiger partial charge in [0, 0.05) is 17.7 Å². The van der Waals surface area contributed by atoms with Crippen molar-refractivity contribution in [3.63, 3.8) is 0 Å². The van der Waals surface area contributed by atoms with Crippen LogP contribution < -0.4 is 10.1 Å². The van der Waals surface area contributed by atoms with E-state index in [9.17, 15) is 4.39 Å². The van der Waals surface area contributed by atoms with Crippen molar-refractivity contribution in [3.05, 3.63) is 65.0 Å². The zero-order valence-corrected chi connectivity index (χ0v) is 12.1. The summed E-state index contributed by atoms with van der Waals surface area (Å²) in [6.45, 7) is 4.41. The lowest BCUT2D eigenvalue weighted by Gasteiger charge is -2.13. The Morgan fingerprint density at radius 2 is 2.00 bits per heavy atom. The first-order valence-electron chi connectivity index (χ1n) is 6.75. The molecular formula is C17H20FNO. The van der Waals surface area contributed by atoms with Crippen LogP contribution >= 0.6 is 0 Å². The molecule has 1 N–H and O–H groups in total. The highest BCUT2D eigenvalue weighted by molar-refractivity contribution is 5.31. The molecule has 0 saturated heterocycles. The number of rotatable bonds is 5. The molecule has 0 aliphatic rings. The number of hydrogen-bond acceptors (Lipinski definition) is 2. The zero-order valence-electron chi connectivity index (χ0n) is 12.1. The SMILES string of the molecule is CNC(C)c1ccc(OCc2cccc(C)c2)cc1F. The number of hydrogen-bond donors (Lipinski definition) is 1. The van der Waals surface area contributed by atoms with Crippen molar-refractivity contribution in [1.29, 1.82) is 0 Å². The topological polar surface area (TPSA) is 21.3 Å². The summed E-state index contributed by atoms with van der Waals surface area (Å²) < 4.78 is 19.6. The molecule has 0 radical (unpaired) electrons. The molecule has 1 unspecified atom stereocenters. The highest BCUT2D eigenvalue weighted by Gasteiger charge is 2.10. The Bertz CT molecular complexity index is 583. The van der Waals surface area contributed by atoms with Gasteiger partial charge in [-0.1, -0.05) is 35.9 Å². The summed E-state index contributed by atoms with van der Waals surface area (Å²) in [4.78, 5) is 0. The van der Waals surface area contributed by atoms with Crippen LogP contribution in [0.2, 0.25) is 0 Å². The summed E-state index contributed by atoms with van der Waals surface area (Å²) in [7, 11) is 1.81. The van der Waals surface area contributed by atoms with Crippen molar-refractivity contribution in [2.24, 2.45) is 0 Å². The smallest absolute Gasteiger partial charge is 0.131 e. The second-order valence-electron chi connectivity index (χ2n) is 4.97. The first kappa shape index (κ1) is 14.5. The Hall–Kier alpha value is -1.87. The lowest BCUT2D eigenvalue weighted by atomic mass is 10.1. The van der Waals surface area contributed by atoms with Crippen molar-refractivity contribution in [3.8, 4) is 5.75 Å². The summed E-state index contributed by atoms with van der Waals surface area (Å²) in [5.74, 6) is 0.310. The third kappa shape index (κ3) is 3.58. The van der Waals surface area contributed by atoms with Crippen LogP contribution in [0.5, 0.6) is 5.75 Å². The molecule has 3 heteroatoms. The van der Waals surface area contributed by atoms with Crippen LogP contribution in [-0.2, 0) is 6.61 Å². The monoisotopic (exact) mass is 273 g/mol. The van der Waals surface area contributed by atoms with Gasteiger partial charge in [-0.15, -0.1) is 0 Å². The fourth-order valence-corrected chi connectivity index (χ4v) is 2.07. The first-order valence-corrected chi connectivity index (χ1v) is 6.75. The highest BCUT2D eigenvalue weighted by Crippen LogP contribution is 2.22. The second-order valence-corrected chi connectivity index (χ2v) is 4.97. The first-order chi connectivity index (χ1) is 9.60. The normalized spacial score (nSPS) is 12.2. The van der Waals surface area contributed by atoms with Gasteiger partial charge in [0.15, 0.2) is 0 Å². The average molecular weight is 273 g/mol. The average Bonchev–Trinajstić information content (AvgIpc) is 2.44. The predicted molar refractivity (Wildman–Crippen MR) is 79.4 cm³/mol. The fourth-order valence-electron chi connectivity index (χ4n) is 2.07. The Balaban J connectivity index is 2.05. The molecule has 2 rings (SSSR count). The summed E-state index contributed by atoms with van der Waals surface area (Å²) >= 11 is 0.